The highest BCUT2D eigenvalue weighted by Gasteiger charge is 2.24. The number of nitrogens with one attached hydrogen (secondary N) is 2. The minimum atomic E-state index is 0. The van der Waals surface area contributed by atoms with Crippen LogP contribution in [0.2, 0.25) is 0 Å². The van der Waals surface area contributed by atoms with Gasteiger partial charge in [-0.2, -0.15) is 0 Å². The molecule has 1 aromatic rings. The largest absolute Gasteiger partial charge is 0.379 e. The molecule has 0 aromatic heterocycles. The number of hydrogen-bond acceptors (Lipinski definition) is 3. The van der Waals surface area contributed by atoms with Gasteiger partial charge in [0.15, 0.2) is 5.96 Å². The van der Waals surface area contributed by atoms with Gasteiger partial charge in [-0.05, 0) is 30.0 Å². The van der Waals surface area contributed by atoms with E-state index in [2.05, 4.69) is 79.6 Å². The van der Waals surface area contributed by atoms with E-state index in [1.54, 1.807) is 7.11 Å². The average Bonchev–Trinajstić information content (AvgIpc) is 3.14. The topological polar surface area (TPSA) is 48.9 Å². The summed E-state index contributed by atoms with van der Waals surface area (Å²) in [5, 5.41) is 6.73. The van der Waals surface area contributed by atoms with Gasteiger partial charge >= 0.3 is 0 Å². The summed E-state index contributed by atoms with van der Waals surface area (Å²) >= 11 is 0. The van der Waals surface area contributed by atoms with Gasteiger partial charge in [-0.3, -0.25) is 0 Å². The Kier molecular flexibility index (Phi) is 10.2. The highest BCUT2D eigenvalue weighted by Crippen LogP contribution is 2.21. The molecule has 1 atom stereocenters. The minimum absolute atomic E-state index is 0. The number of halogens is 1. The smallest absolute Gasteiger partial charge is 0.191 e. The predicted octanol–water partition coefficient (Wildman–Crippen LogP) is 3.80. The number of methoxy groups -OCH3 is 1. The molecule has 2 N–H and O–H groups in total. The molecular formula is C21H35IN4O. The van der Waals surface area contributed by atoms with Crippen molar-refractivity contribution in [1.29, 1.82) is 0 Å². The molecule has 1 unspecified atom stereocenters. The molecule has 0 aliphatic carbocycles. The van der Waals surface area contributed by atoms with E-state index in [9.17, 15) is 0 Å². The van der Waals surface area contributed by atoms with Gasteiger partial charge in [-0.1, -0.05) is 45.1 Å². The third-order valence-corrected chi connectivity index (χ3v) is 4.56. The zero-order valence-electron chi connectivity index (χ0n) is 17.3. The van der Waals surface area contributed by atoms with Gasteiger partial charge < -0.3 is 20.3 Å². The fourth-order valence-corrected chi connectivity index (χ4v) is 2.98. The van der Waals surface area contributed by atoms with Crippen molar-refractivity contribution in [3.05, 3.63) is 42.0 Å². The van der Waals surface area contributed by atoms with Crippen molar-refractivity contribution in [3.8, 4) is 0 Å². The molecule has 2 rings (SSSR count). The molecule has 1 aliphatic heterocycles. The van der Waals surface area contributed by atoms with Crippen LogP contribution in [0.3, 0.4) is 0 Å². The fraction of sp³-hybridized carbons (Fsp3) is 0.571. The third-order valence-electron chi connectivity index (χ3n) is 4.56. The lowest BCUT2D eigenvalue weighted by Crippen LogP contribution is -2.45. The van der Waals surface area contributed by atoms with E-state index < -0.39 is 0 Å². The Morgan fingerprint density at radius 3 is 2.52 bits per heavy atom. The molecule has 1 aromatic carbocycles. The van der Waals surface area contributed by atoms with Gasteiger partial charge in [-0.25, -0.2) is 4.99 Å². The summed E-state index contributed by atoms with van der Waals surface area (Å²) in [5.41, 5.74) is 2.55. The number of guanidine groups is 1. The number of benzene rings is 1. The second-order valence-corrected chi connectivity index (χ2v) is 7.71. The normalized spacial score (nSPS) is 15.4. The Labute approximate surface area is 181 Å². The summed E-state index contributed by atoms with van der Waals surface area (Å²) in [5.74, 6) is 0.826. The Bertz CT molecular complexity index is 617. The molecule has 0 fully saturated rings. The van der Waals surface area contributed by atoms with Crippen LogP contribution in [0.25, 0.3) is 0 Å². The first-order valence-electron chi connectivity index (χ1n) is 9.48. The van der Waals surface area contributed by atoms with Crippen LogP contribution in [-0.4, -0.2) is 45.4 Å². The van der Waals surface area contributed by atoms with E-state index in [0.29, 0.717) is 6.54 Å². The molecular weight excluding hydrogens is 451 g/mol. The second kappa shape index (κ2) is 11.5. The third kappa shape index (κ3) is 7.70. The van der Waals surface area contributed by atoms with Gasteiger partial charge in [-0.15, -0.1) is 24.0 Å². The van der Waals surface area contributed by atoms with E-state index in [1.807, 2.05) is 0 Å². The summed E-state index contributed by atoms with van der Waals surface area (Å²) in [6.07, 6.45) is 4.54. The molecule has 0 bridgehead atoms. The molecule has 0 saturated heterocycles. The van der Waals surface area contributed by atoms with Gasteiger partial charge in [0.1, 0.15) is 0 Å². The van der Waals surface area contributed by atoms with Gasteiger partial charge in [0.05, 0.1) is 12.6 Å². The standard InChI is InChI=1S/C21H34N4O.HI/c1-6-22-20(24-16-19(26-5)21(2,3)4)23-15-17-10-9-11-18(14-17)25-12-7-8-13-25;/h7-11,14,19H,6,12-13,15-16H2,1-5H3,(H2,22,23,24);1H. The summed E-state index contributed by atoms with van der Waals surface area (Å²) in [6, 6.07) is 8.63. The molecule has 1 heterocycles. The second-order valence-electron chi connectivity index (χ2n) is 7.71. The van der Waals surface area contributed by atoms with Crippen molar-refractivity contribution < 1.29 is 4.74 Å². The first-order chi connectivity index (χ1) is 12.4. The summed E-state index contributed by atoms with van der Waals surface area (Å²) in [7, 11) is 1.76. The lowest BCUT2D eigenvalue weighted by molar-refractivity contribution is 0.0205. The number of aliphatic imine (C=N–C) groups is 1. The summed E-state index contributed by atoms with van der Waals surface area (Å²) in [6.45, 7) is 12.8. The number of hydrogen-bond donors (Lipinski definition) is 2. The van der Waals surface area contributed by atoms with E-state index in [-0.39, 0.29) is 35.5 Å². The minimum Gasteiger partial charge on any atom is -0.379 e. The van der Waals surface area contributed by atoms with Gasteiger partial charge in [0.25, 0.3) is 0 Å². The van der Waals surface area contributed by atoms with Crippen LogP contribution in [0.1, 0.15) is 33.3 Å². The Balaban J connectivity index is 0.00000364. The quantitative estimate of drug-likeness (QED) is 0.267. The zero-order chi connectivity index (χ0) is 19.0. The van der Waals surface area contributed by atoms with Crippen LogP contribution in [0, 0.1) is 5.41 Å². The van der Waals surface area contributed by atoms with Crippen molar-refractivity contribution in [1.82, 2.24) is 10.6 Å². The molecule has 0 spiro atoms. The van der Waals surface area contributed by atoms with Crippen molar-refractivity contribution in [3.63, 3.8) is 0 Å². The van der Waals surface area contributed by atoms with E-state index >= 15 is 0 Å². The number of rotatable bonds is 7. The maximum Gasteiger partial charge on any atom is 0.191 e. The molecule has 0 saturated carbocycles. The molecule has 5 nitrogen and oxygen atoms in total. The maximum atomic E-state index is 5.62. The Morgan fingerprint density at radius 2 is 1.93 bits per heavy atom. The molecule has 27 heavy (non-hydrogen) atoms. The molecule has 0 radical (unpaired) electrons. The SMILES string of the molecule is CCNC(=NCc1cccc(N2CC=CC2)c1)NCC(OC)C(C)(C)C.I. The van der Waals surface area contributed by atoms with E-state index in [0.717, 1.165) is 32.1 Å². The number of nitrogens with zero attached hydrogens (tertiary/aromatic N) is 2. The number of ether oxygens (including phenoxy) is 1. The predicted molar refractivity (Wildman–Crippen MR) is 126 cm³/mol. The van der Waals surface area contributed by atoms with Crippen LogP contribution in [0.5, 0.6) is 0 Å². The Hall–Kier alpha value is -1.28. The van der Waals surface area contributed by atoms with Crippen LogP contribution < -0.4 is 15.5 Å². The summed E-state index contributed by atoms with van der Waals surface area (Å²) in [4.78, 5) is 7.09. The van der Waals surface area contributed by atoms with Crippen molar-refractivity contribution >= 4 is 35.6 Å². The fourth-order valence-electron chi connectivity index (χ4n) is 2.98. The van der Waals surface area contributed by atoms with Crippen molar-refractivity contribution in [2.45, 2.75) is 40.3 Å². The maximum absolute atomic E-state index is 5.62. The first kappa shape index (κ1) is 23.8. The van der Waals surface area contributed by atoms with Gasteiger partial charge in [0, 0.05) is 39.0 Å². The highest BCUT2D eigenvalue weighted by molar-refractivity contribution is 14.0. The van der Waals surface area contributed by atoms with Crippen molar-refractivity contribution in [2.75, 3.05) is 38.2 Å². The lowest BCUT2D eigenvalue weighted by Gasteiger charge is -2.30. The molecule has 1 aliphatic rings. The first-order valence-corrected chi connectivity index (χ1v) is 9.48. The van der Waals surface area contributed by atoms with Crippen molar-refractivity contribution in [2.24, 2.45) is 10.4 Å². The average molecular weight is 486 g/mol. The van der Waals surface area contributed by atoms with Crippen LogP contribution >= 0.6 is 24.0 Å². The monoisotopic (exact) mass is 486 g/mol. The molecule has 0 amide bonds. The molecule has 152 valence electrons. The number of anilines is 1. The summed E-state index contributed by atoms with van der Waals surface area (Å²) < 4.78 is 5.62. The lowest BCUT2D eigenvalue weighted by atomic mass is 9.89. The van der Waals surface area contributed by atoms with Crippen LogP contribution in [0.4, 0.5) is 5.69 Å². The Morgan fingerprint density at radius 1 is 1.22 bits per heavy atom. The van der Waals surface area contributed by atoms with E-state index in [4.69, 9.17) is 9.73 Å². The van der Waals surface area contributed by atoms with Gasteiger partial charge in [0.2, 0.25) is 0 Å². The van der Waals surface area contributed by atoms with Crippen LogP contribution in [-0.2, 0) is 11.3 Å². The molecule has 6 heteroatoms. The zero-order valence-corrected chi connectivity index (χ0v) is 19.6. The highest BCUT2D eigenvalue weighted by atomic mass is 127. The van der Waals surface area contributed by atoms with E-state index in [1.165, 1.54) is 11.3 Å². The van der Waals surface area contributed by atoms with Crippen LogP contribution in [0.15, 0.2) is 41.4 Å².